The van der Waals surface area contributed by atoms with Crippen molar-refractivity contribution in [2.45, 2.75) is 61.4 Å². The Hall–Kier alpha value is -3.31. The molecule has 0 radical (unpaired) electrons. The molecule has 1 N–H and O–H groups in total. The van der Waals surface area contributed by atoms with Crippen LogP contribution < -0.4 is 9.62 Å². The molecule has 1 atom stereocenters. The summed E-state index contributed by atoms with van der Waals surface area (Å²) in [5, 5.41) is 3.00. The first-order chi connectivity index (χ1) is 19.7. The van der Waals surface area contributed by atoms with Gasteiger partial charge in [-0.3, -0.25) is 9.10 Å². The smallest absolute Gasteiger partial charge is 0.264 e. The summed E-state index contributed by atoms with van der Waals surface area (Å²) < 4.78 is 82.1. The summed E-state index contributed by atoms with van der Waals surface area (Å²) in [6.07, 6.45) is 2.10. The van der Waals surface area contributed by atoms with Crippen LogP contribution in [0.4, 0.5) is 14.5 Å². The van der Waals surface area contributed by atoms with E-state index in [4.69, 9.17) is 0 Å². The fourth-order valence-electron chi connectivity index (χ4n) is 6.62. The molecule has 0 aromatic heterocycles. The number of nitrogens with zero attached hydrogens (tertiary/aromatic N) is 1. The Morgan fingerprint density at radius 1 is 0.929 bits per heavy atom. The number of rotatable bonds is 6. The fraction of sp³-hybridized carbons (Fsp3) is 0.387. The summed E-state index contributed by atoms with van der Waals surface area (Å²) in [4.78, 5) is 13.5. The average molecular weight is 615 g/mol. The van der Waals surface area contributed by atoms with Gasteiger partial charge >= 0.3 is 0 Å². The normalized spacial score (nSPS) is 21.2. The number of fused-ring (bicyclic) bond motifs is 2. The predicted octanol–water partition coefficient (Wildman–Crippen LogP) is 5.06. The van der Waals surface area contributed by atoms with Gasteiger partial charge in [0.05, 0.1) is 33.7 Å². The van der Waals surface area contributed by atoms with E-state index < -0.39 is 48.6 Å². The van der Waals surface area contributed by atoms with Crippen molar-refractivity contribution in [2.24, 2.45) is 5.92 Å². The van der Waals surface area contributed by atoms with E-state index in [0.717, 1.165) is 25.0 Å². The molecule has 1 amide bonds. The van der Waals surface area contributed by atoms with Crippen LogP contribution in [0.2, 0.25) is 0 Å². The maximum absolute atomic E-state index is 14.2. The molecule has 6 rings (SSSR count). The maximum atomic E-state index is 14.2. The minimum absolute atomic E-state index is 0.0307. The van der Waals surface area contributed by atoms with Crippen LogP contribution in [0.25, 0.3) is 0 Å². The molecule has 3 aliphatic rings. The Labute approximate surface area is 244 Å². The third-order valence-electron chi connectivity index (χ3n) is 9.00. The molecule has 1 saturated carbocycles. The molecule has 11 heteroatoms. The van der Waals surface area contributed by atoms with Gasteiger partial charge in [-0.05, 0) is 111 Å². The zero-order valence-electron chi connectivity index (χ0n) is 23.3. The highest BCUT2D eigenvalue weighted by molar-refractivity contribution is 7.93. The first-order valence-electron chi connectivity index (χ1n) is 14.0. The van der Waals surface area contributed by atoms with Crippen molar-refractivity contribution in [3.05, 3.63) is 95.1 Å². The van der Waals surface area contributed by atoms with Crippen LogP contribution in [-0.2, 0) is 30.8 Å². The average Bonchev–Trinajstić information content (AvgIpc) is 3.73. The van der Waals surface area contributed by atoms with E-state index in [1.165, 1.54) is 28.6 Å². The van der Waals surface area contributed by atoms with E-state index in [1.807, 2.05) is 0 Å². The lowest BCUT2D eigenvalue weighted by Gasteiger charge is -2.41. The molecule has 2 heterocycles. The zero-order chi connectivity index (χ0) is 30.1. The number of sulfone groups is 1. The lowest BCUT2D eigenvalue weighted by molar-refractivity contribution is 0.0911. The molecule has 2 fully saturated rings. The molecule has 42 heavy (non-hydrogen) atoms. The van der Waals surface area contributed by atoms with Crippen molar-refractivity contribution in [2.75, 3.05) is 15.8 Å². The number of carbonyl (C=O) groups excluding carboxylic acids is 1. The lowest BCUT2D eigenvalue weighted by atomic mass is 9.70. The van der Waals surface area contributed by atoms with Gasteiger partial charge in [-0.1, -0.05) is 12.1 Å². The van der Waals surface area contributed by atoms with E-state index in [0.29, 0.717) is 22.4 Å². The standard InChI is InChI=1S/C31H32F2N2O5S2/c1-30(2,22-6-8-23(32)9-7-22)34-29(36)21-5-14-27-26(19-21)31(15-17-41(37,38)18-16-31)28(20-3-4-20)35(27)42(39,40)25-12-10-24(33)11-13-25/h5-14,19-20,28H,3-4,15-18H2,1-2H3,(H,34,36). The number of amides is 1. The van der Waals surface area contributed by atoms with Gasteiger partial charge in [-0.15, -0.1) is 0 Å². The Bertz CT molecular complexity index is 1750. The first kappa shape index (κ1) is 28.8. The third-order valence-corrected chi connectivity index (χ3v) is 12.5. The summed E-state index contributed by atoms with van der Waals surface area (Å²) in [6, 6.07) is 14.9. The van der Waals surface area contributed by atoms with Crippen molar-refractivity contribution in [1.82, 2.24) is 5.32 Å². The molecule has 1 saturated heterocycles. The van der Waals surface area contributed by atoms with Crippen molar-refractivity contribution >= 4 is 31.5 Å². The molecule has 3 aromatic carbocycles. The SMILES string of the molecule is CC(C)(NC(=O)c1ccc2c(c1)C1(CCS(=O)(=O)CC1)C(C1CC1)N2S(=O)(=O)c1ccc(F)cc1)c1ccc(F)cc1. The Balaban J connectivity index is 1.45. The summed E-state index contributed by atoms with van der Waals surface area (Å²) >= 11 is 0. The van der Waals surface area contributed by atoms with Gasteiger partial charge in [-0.25, -0.2) is 25.6 Å². The number of halogens is 2. The number of sulfonamides is 1. The maximum Gasteiger partial charge on any atom is 0.264 e. The molecule has 0 bridgehead atoms. The highest BCUT2D eigenvalue weighted by atomic mass is 32.2. The first-order valence-corrected chi connectivity index (χ1v) is 17.2. The van der Waals surface area contributed by atoms with Crippen LogP contribution >= 0.6 is 0 Å². The van der Waals surface area contributed by atoms with Gasteiger partial charge < -0.3 is 5.32 Å². The molecule has 7 nitrogen and oxygen atoms in total. The van der Waals surface area contributed by atoms with Gasteiger partial charge in [0.1, 0.15) is 21.5 Å². The van der Waals surface area contributed by atoms with E-state index in [-0.39, 0.29) is 41.0 Å². The number of nitrogens with one attached hydrogen (secondary N) is 1. The lowest BCUT2D eigenvalue weighted by Crippen LogP contribution is -2.52. The van der Waals surface area contributed by atoms with Gasteiger partial charge in [0.25, 0.3) is 15.9 Å². The van der Waals surface area contributed by atoms with Crippen LogP contribution in [0.1, 0.15) is 61.0 Å². The second kappa shape index (κ2) is 9.87. The minimum Gasteiger partial charge on any atom is -0.343 e. The molecular weight excluding hydrogens is 582 g/mol. The second-order valence-corrected chi connectivity index (χ2v) is 16.3. The van der Waals surface area contributed by atoms with Crippen LogP contribution in [-0.4, -0.2) is 40.3 Å². The number of hydrogen-bond donors (Lipinski definition) is 1. The topological polar surface area (TPSA) is 101 Å². The predicted molar refractivity (Wildman–Crippen MR) is 155 cm³/mol. The van der Waals surface area contributed by atoms with Crippen molar-refractivity contribution in [3.8, 4) is 0 Å². The minimum atomic E-state index is -4.14. The quantitative estimate of drug-likeness (QED) is 0.418. The number of carbonyl (C=O) groups is 1. The highest BCUT2D eigenvalue weighted by Gasteiger charge is 2.60. The van der Waals surface area contributed by atoms with E-state index >= 15 is 0 Å². The number of hydrogen-bond acceptors (Lipinski definition) is 5. The Morgan fingerprint density at radius 3 is 2.07 bits per heavy atom. The number of anilines is 1. The summed E-state index contributed by atoms with van der Waals surface area (Å²) in [6.45, 7) is 3.61. The second-order valence-electron chi connectivity index (χ2n) is 12.2. The molecule has 222 valence electrons. The van der Waals surface area contributed by atoms with Gasteiger partial charge in [0.15, 0.2) is 0 Å². The summed E-state index contributed by atoms with van der Waals surface area (Å²) in [7, 11) is -7.43. The monoisotopic (exact) mass is 614 g/mol. The molecule has 2 aliphatic heterocycles. The fourth-order valence-corrected chi connectivity index (χ4v) is 9.97. The Kier molecular flexibility index (Phi) is 6.77. The van der Waals surface area contributed by atoms with Crippen molar-refractivity contribution in [3.63, 3.8) is 0 Å². The van der Waals surface area contributed by atoms with Crippen molar-refractivity contribution in [1.29, 1.82) is 0 Å². The van der Waals surface area contributed by atoms with Gasteiger partial charge in [0.2, 0.25) is 0 Å². The van der Waals surface area contributed by atoms with E-state index in [2.05, 4.69) is 5.32 Å². The zero-order valence-corrected chi connectivity index (χ0v) is 24.9. The number of benzene rings is 3. The van der Waals surface area contributed by atoms with Gasteiger partial charge in [0, 0.05) is 11.0 Å². The van der Waals surface area contributed by atoms with Crippen LogP contribution in [0.5, 0.6) is 0 Å². The molecule has 1 aliphatic carbocycles. The third kappa shape index (κ3) is 4.90. The van der Waals surface area contributed by atoms with E-state index in [9.17, 15) is 30.4 Å². The highest BCUT2D eigenvalue weighted by Crippen LogP contribution is 2.59. The van der Waals surface area contributed by atoms with E-state index in [1.54, 1.807) is 44.2 Å². The summed E-state index contributed by atoms with van der Waals surface area (Å²) in [5.74, 6) is -1.45. The van der Waals surface area contributed by atoms with Crippen LogP contribution in [0, 0.1) is 17.6 Å². The Morgan fingerprint density at radius 2 is 1.50 bits per heavy atom. The van der Waals surface area contributed by atoms with Crippen molar-refractivity contribution < 1.29 is 30.4 Å². The van der Waals surface area contributed by atoms with Gasteiger partial charge in [-0.2, -0.15) is 0 Å². The molecule has 3 aromatic rings. The molecule has 1 unspecified atom stereocenters. The largest absolute Gasteiger partial charge is 0.343 e. The molecule has 1 spiro atoms. The molecular formula is C31H32F2N2O5S2. The summed E-state index contributed by atoms with van der Waals surface area (Å²) in [5.41, 5.74) is 0.453. The van der Waals surface area contributed by atoms with Crippen LogP contribution in [0.3, 0.4) is 0 Å². The van der Waals surface area contributed by atoms with Crippen LogP contribution in [0.15, 0.2) is 71.6 Å².